The molecule has 0 aliphatic heterocycles. The second kappa shape index (κ2) is 15.5. The Bertz CT molecular complexity index is 524. The molecule has 0 saturated heterocycles. The van der Waals surface area contributed by atoms with Crippen LogP contribution in [0.3, 0.4) is 0 Å². The molecule has 7 nitrogen and oxygen atoms in total. The summed E-state index contributed by atoms with van der Waals surface area (Å²) in [5.74, 6) is -0.374. The Kier molecular flexibility index (Phi) is 15.3. The molecule has 0 aromatic carbocycles. The van der Waals surface area contributed by atoms with Crippen molar-refractivity contribution in [2.24, 2.45) is 0 Å². The maximum atomic E-state index is 11.3. The van der Waals surface area contributed by atoms with Gasteiger partial charge in [0.1, 0.15) is 6.61 Å². The Labute approximate surface area is 193 Å². The number of carbonyl (C=O) groups is 1. The van der Waals surface area contributed by atoms with Crippen molar-refractivity contribution in [1.29, 1.82) is 0 Å². The summed E-state index contributed by atoms with van der Waals surface area (Å²) in [5, 5.41) is 0. The van der Waals surface area contributed by atoms with Crippen molar-refractivity contribution in [3.05, 3.63) is 12.2 Å². The third-order valence-electron chi connectivity index (χ3n) is 4.24. The van der Waals surface area contributed by atoms with Crippen LogP contribution in [0.25, 0.3) is 0 Å². The van der Waals surface area contributed by atoms with Gasteiger partial charge >= 0.3 is 14.5 Å². The van der Waals surface area contributed by atoms with Crippen LogP contribution in [0.5, 0.6) is 0 Å². The highest BCUT2D eigenvalue weighted by atomic mass is 28.5. The summed E-state index contributed by atoms with van der Waals surface area (Å²) in [6.07, 6.45) is 1.86. The van der Waals surface area contributed by atoms with Crippen LogP contribution in [0.15, 0.2) is 12.2 Å². The summed E-state index contributed by atoms with van der Waals surface area (Å²) >= 11 is 0. The molecule has 0 fully saturated rings. The molecule has 0 amide bonds. The minimum Gasteiger partial charge on any atom is -0.460 e. The molecule has 1 atom stereocenters. The predicted molar refractivity (Wildman–Crippen MR) is 133 cm³/mol. The van der Waals surface area contributed by atoms with Crippen molar-refractivity contribution in [1.82, 2.24) is 0 Å². The number of methoxy groups -OCH3 is 1. The lowest BCUT2D eigenvalue weighted by Gasteiger charge is -2.40. The van der Waals surface area contributed by atoms with Crippen LogP contribution in [0.4, 0.5) is 0 Å². The van der Waals surface area contributed by atoms with Crippen LogP contribution in [-0.2, 0) is 32.0 Å². The number of hydrogen-bond donors (Lipinski definition) is 0. The molecule has 0 radical (unpaired) electrons. The fourth-order valence-electron chi connectivity index (χ4n) is 3.16. The highest BCUT2D eigenvalue weighted by Gasteiger charge is 2.41. The van der Waals surface area contributed by atoms with Crippen molar-refractivity contribution in [3.8, 4) is 0 Å². The normalized spacial score (nSPS) is 14.3. The van der Waals surface area contributed by atoms with E-state index >= 15 is 0 Å². The average molecular weight is 495 g/mol. The van der Waals surface area contributed by atoms with Crippen molar-refractivity contribution in [3.63, 3.8) is 0 Å². The average Bonchev–Trinajstić information content (AvgIpc) is 2.61. The Hall–Kier alpha value is -0.339. The van der Waals surface area contributed by atoms with Gasteiger partial charge in [-0.2, -0.15) is 0 Å². The fourth-order valence-corrected chi connectivity index (χ4v) is 16.6. The molecule has 184 valence electrons. The van der Waals surface area contributed by atoms with Gasteiger partial charge in [0.25, 0.3) is 0 Å². The van der Waals surface area contributed by atoms with E-state index in [0.29, 0.717) is 38.6 Å². The first-order valence-corrected chi connectivity index (χ1v) is 20.2. The number of ether oxygens (including phenoxy) is 4. The van der Waals surface area contributed by atoms with E-state index in [4.69, 9.17) is 27.2 Å². The standard InChI is InChI=1S/C21H46O7Si3/c1-20(2)21(22)26-17-16-25-12-10-18-30(7,8)28-31(9,27-29(4,5)6)19-11-13-24-15-14-23-3/h1,10-19H2,2-9H3. The lowest BCUT2D eigenvalue weighted by atomic mass is 10.4. The lowest BCUT2D eigenvalue weighted by molar-refractivity contribution is -0.140. The Morgan fingerprint density at radius 1 is 0.774 bits per heavy atom. The second-order valence-corrected chi connectivity index (χ2v) is 22.2. The molecule has 0 spiro atoms. The SMILES string of the molecule is C=C(C)C(=O)OCCOCCC[Si](C)(C)O[Si](C)(CCCOCCOC)O[Si](C)(C)C. The van der Waals surface area contributed by atoms with E-state index in [2.05, 4.69) is 45.9 Å². The summed E-state index contributed by atoms with van der Waals surface area (Å²) < 4.78 is 34.7. The van der Waals surface area contributed by atoms with Crippen LogP contribution in [0.1, 0.15) is 19.8 Å². The summed E-state index contributed by atoms with van der Waals surface area (Å²) in [5.41, 5.74) is 0.402. The summed E-state index contributed by atoms with van der Waals surface area (Å²) in [6.45, 7) is 21.8. The second-order valence-electron chi connectivity index (χ2n) is 9.55. The fraction of sp³-hybridized carbons (Fsp3) is 0.857. The van der Waals surface area contributed by atoms with Gasteiger partial charge in [-0.3, -0.25) is 0 Å². The molecular weight excluding hydrogens is 448 g/mol. The number of esters is 1. The van der Waals surface area contributed by atoms with Crippen LogP contribution in [-0.4, -0.2) is 77.9 Å². The van der Waals surface area contributed by atoms with Crippen molar-refractivity contribution in [2.45, 2.75) is 71.1 Å². The maximum absolute atomic E-state index is 11.3. The van der Waals surface area contributed by atoms with E-state index < -0.39 is 25.2 Å². The maximum Gasteiger partial charge on any atom is 0.333 e. The molecule has 0 saturated carbocycles. The molecule has 0 aromatic heterocycles. The largest absolute Gasteiger partial charge is 0.460 e. The topological polar surface area (TPSA) is 72.5 Å². The van der Waals surface area contributed by atoms with Gasteiger partial charge in [-0.25, -0.2) is 4.79 Å². The van der Waals surface area contributed by atoms with Gasteiger partial charge in [-0.15, -0.1) is 0 Å². The number of carbonyl (C=O) groups excluding carboxylic acids is 1. The third kappa shape index (κ3) is 17.8. The smallest absolute Gasteiger partial charge is 0.333 e. The molecule has 0 rings (SSSR count). The van der Waals surface area contributed by atoms with Crippen LogP contribution < -0.4 is 0 Å². The lowest BCUT2D eigenvalue weighted by Crippen LogP contribution is -2.53. The first kappa shape index (κ1) is 30.7. The summed E-state index contributed by atoms with van der Waals surface area (Å²) in [6, 6.07) is 1.94. The number of rotatable bonds is 19. The van der Waals surface area contributed by atoms with E-state index in [0.717, 1.165) is 24.9 Å². The van der Waals surface area contributed by atoms with E-state index in [-0.39, 0.29) is 12.6 Å². The van der Waals surface area contributed by atoms with Gasteiger partial charge in [0.2, 0.25) is 0 Å². The van der Waals surface area contributed by atoms with Crippen LogP contribution in [0, 0.1) is 0 Å². The van der Waals surface area contributed by atoms with E-state index in [1.165, 1.54) is 0 Å². The quantitative estimate of drug-likeness (QED) is 0.111. The molecule has 0 heterocycles. The monoisotopic (exact) mass is 494 g/mol. The van der Waals surface area contributed by atoms with Gasteiger partial charge in [-0.05, 0) is 71.1 Å². The third-order valence-corrected chi connectivity index (χ3v) is 15.2. The molecular formula is C21H46O7Si3. The molecule has 1 unspecified atom stereocenters. The van der Waals surface area contributed by atoms with Crippen molar-refractivity contribution < 1.29 is 32.0 Å². The first-order valence-electron chi connectivity index (χ1n) is 11.2. The zero-order chi connectivity index (χ0) is 24.0. The molecule has 10 heteroatoms. The minimum absolute atomic E-state index is 0.254. The van der Waals surface area contributed by atoms with Gasteiger partial charge in [0, 0.05) is 25.9 Å². The van der Waals surface area contributed by atoms with E-state index in [1.807, 2.05) is 0 Å². The molecule has 0 N–H and O–H groups in total. The van der Waals surface area contributed by atoms with Gasteiger partial charge in [-0.1, -0.05) is 6.58 Å². The van der Waals surface area contributed by atoms with Gasteiger partial charge < -0.3 is 27.2 Å². The Balaban J connectivity index is 4.41. The Morgan fingerprint density at radius 2 is 1.32 bits per heavy atom. The minimum atomic E-state index is -2.29. The molecule has 0 bridgehead atoms. The first-order chi connectivity index (χ1) is 14.3. The highest BCUT2D eigenvalue weighted by molar-refractivity contribution is 6.88. The molecule has 0 aromatic rings. The molecule has 0 aliphatic rings. The Morgan fingerprint density at radius 3 is 1.84 bits per heavy atom. The van der Waals surface area contributed by atoms with Crippen LogP contribution in [0.2, 0.25) is 51.4 Å². The van der Waals surface area contributed by atoms with Crippen molar-refractivity contribution in [2.75, 3.05) is 46.8 Å². The zero-order valence-corrected chi connectivity index (χ0v) is 24.1. The van der Waals surface area contributed by atoms with Gasteiger partial charge in [0.05, 0.1) is 19.8 Å². The van der Waals surface area contributed by atoms with Crippen LogP contribution >= 0.6 is 0 Å². The molecule has 0 aliphatic carbocycles. The van der Waals surface area contributed by atoms with E-state index in [9.17, 15) is 4.79 Å². The summed E-state index contributed by atoms with van der Waals surface area (Å²) in [7, 11) is -4.23. The zero-order valence-electron chi connectivity index (χ0n) is 21.1. The summed E-state index contributed by atoms with van der Waals surface area (Å²) in [4.78, 5) is 11.3. The van der Waals surface area contributed by atoms with Crippen molar-refractivity contribution >= 4 is 31.2 Å². The number of hydrogen-bond acceptors (Lipinski definition) is 7. The highest BCUT2D eigenvalue weighted by Crippen LogP contribution is 2.27. The predicted octanol–water partition coefficient (Wildman–Crippen LogP) is 4.71. The van der Waals surface area contributed by atoms with Gasteiger partial charge in [0.15, 0.2) is 16.6 Å². The molecule has 31 heavy (non-hydrogen) atoms. The van der Waals surface area contributed by atoms with E-state index in [1.54, 1.807) is 14.0 Å².